The topological polar surface area (TPSA) is 40.5 Å². The molecule has 0 aliphatic carbocycles. The van der Waals surface area contributed by atoms with E-state index in [4.69, 9.17) is 0 Å². The van der Waals surface area contributed by atoms with Crippen molar-refractivity contribution in [3.63, 3.8) is 0 Å². The molecule has 1 fully saturated rings. The van der Waals surface area contributed by atoms with Crippen LogP contribution in [0.4, 0.5) is 0 Å². The summed E-state index contributed by atoms with van der Waals surface area (Å²) in [6.07, 6.45) is 0.304. The average molecular weight is 332 g/mol. The molecule has 1 atom stereocenters. The summed E-state index contributed by atoms with van der Waals surface area (Å²) in [5.41, 5.74) is 0.949. The third-order valence-electron chi connectivity index (χ3n) is 3.22. The molecule has 0 aromatic heterocycles. The Morgan fingerprint density at radius 1 is 1.39 bits per heavy atom. The summed E-state index contributed by atoms with van der Waals surface area (Å²) in [7, 11) is -0.625. The molecule has 2 rings (SSSR count). The van der Waals surface area contributed by atoms with Gasteiger partial charge in [0.2, 0.25) is 0 Å². The molecule has 3 nitrogen and oxygen atoms in total. The van der Waals surface area contributed by atoms with E-state index in [0.717, 1.165) is 47.6 Å². The standard InChI is InChI=1S/C13H18BrNO2S/c14-12-3-1-2-11(10-12)13(16)4-5-15-6-8-18(17)9-7-15/h1-3,10,13,16H,4-9H2. The van der Waals surface area contributed by atoms with Crippen LogP contribution in [0.5, 0.6) is 0 Å². The lowest BCUT2D eigenvalue weighted by Crippen LogP contribution is -2.38. The van der Waals surface area contributed by atoms with Gasteiger partial charge in [-0.3, -0.25) is 4.21 Å². The van der Waals surface area contributed by atoms with E-state index in [0.29, 0.717) is 0 Å². The Balaban J connectivity index is 1.81. The Labute approximate surface area is 119 Å². The van der Waals surface area contributed by atoms with Crippen molar-refractivity contribution in [2.45, 2.75) is 12.5 Å². The van der Waals surface area contributed by atoms with Gasteiger partial charge < -0.3 is 10.0 Å². The maximum Gasteiger partial charge on any atom is 0.0802 e. The van der Waals surface area contributed by atoms with E-state index in [9.17, 15) is 9.32 Å². The summed E-state index contributed by atoms with van der Waals surface area (Å²) in [6.45, 7) is 2.64. The van der Waals surface area contributed by atoms with Crippen molar-refractivity contribution in [1.82, 2.24) is 4.90 Å². The van der Waals surface area contributed by atoms with Crippen LogP contribution in [-0.2, 0) is 10.8 Å². The van der Waals surface area contributed by atoms with E-state index in [1.165, 1.54) is 0 Å². The molecule has 1 heterocycles. The highest BCUT2D eigenvalue weighted by Gasteiger charge is 2.16. The molecule has 1 aromatic rings. The Kier molecular flexibility index (Phi) is 5.36. The van der Waals surface area contributed by atoms with Gasteiger partial charge in [0.05, 0.1) is 6.10 Å². The first-order valence-corrected chi connectivity index (χ1v) is 8.44. The van der Waals surface area contributed by atoms with Crippen molar-refractivity contribution in [2.75, 3.05) is 31.1 Å². The third kappa shape index (κ3) is 4.16. The molecule has 0 spiro atoms. The molecule has 1 aliphatic heterocycles. The molecule has 0 amide bonds. The number of nitrogens with zero attached hydrogens (tertiary/aromatic N) is 1. The fourth-order valence-electron chi connectivity index (χ4n) is 2.08. The van der Waals surface area contributed by atoms with Crippen molar-refractivity contribution >= 4 is 26.7 Å². The van der Waals surface area contributed by atoms with Crippen LogP contribution in [0, 0.1) is 0 Å². The molecule has 100 valence electrons. The van der Waals surface area contributed by atoms with Crippen LogP contribution in [0.2, 0.25) is 0 Å². The van der Waals surface area contributed by atoms with Gasteiger partial charge in [0.15, 0.2) is 0 Å². The highest BCUT2D eigenvalue weighted by atomic mass is 79.9. The van der Waals surface area contributed by atoms with Crippen LogP contribution < -0.4 is 0 Å². The van der Waals surface area contributed by atoms with Crippen molar-refractivity contribution in [2.24, 2.45) is 0 Å². The van der Waals surface area contributed by atoms with Crippen LogP contribution in [0.3, 0.4) is 0 Å². The van der Waals surface area contributed by atoms with Gasteiger partial charge in [-0.1, -0.05) is 28.1 Å². The number of rotatable bonds is 4. The maximum atomic E-state index is 11.2. The van der Waals surface area contributed by atoms with Gasteiger partial charge >= 0.3 is 0 Å². The second kappa shape index (κ2) is 6.80. The number of hydrogen-bond donors (Lipinski definition) is 1. The Morgan fingerprint density at radius 2 is 2.11 bits per heavy atom. The number of benzene rings is 1. The van der Waals surface area contributed by atoms with Crippen LogP contribution in [0.25, 0.3) is 0 Å². The van der Waals surface area contributed by atoms with E-state index >= 15 is 0 Å². The average Bonchev–Trinajstić information content (AvgIpc) is 2.38. The summed E-state index contributed by atoms with van der Waals surface area (Å²) < 4.78 is 12.2. The van der Waals surface area contributed by atoms with E-state index in [1.54, 1.807) is 0 Å². The van der Waals surface area contributed by atoms with Crippen LogP contribution in [0.1, 0.15) is 18.1 Å². The lowest BCUT2D eigenvalue weighted by molar-refractivity contribution is 0.145. The molecule has 0 bridgehead atoms. The molecule has 1 unspecified atom stereocenters. The number of hydrogen-bond acceptors (Lipinski definition) is 3. The number of halogens is 1. The van der Waals surface area contributed by atoms with Gasteiger partial charge in [-0.2, -0.15) is 0 Å². The van der Waals surface area contributed by atoms with Crippen LogP contribution in [-0.4, -0.2) is 45.4 Å². The minimum atomic E-state index is -0.625. The summed E-state index contributed by atoms with van der Waals surface area (Å²) in [4.78, 5) is 2.28. The van der Waals surface area contributed by atoms with Crippen molar-refractivity contribution in [3.8, 4) is 0 Å². The highest BCUT2D eigenvalue weighted by molar-refractivity contribution is 9.10. The summed E-state index contributed by atoms with van der Waals surface area (Å²) in [6, 6.07) is 7.79. The van der Waals surface area contributed by atoms with Gasteiger partial charge in [-0.05, 0) is 24.1 Å². The van der Waals surface area contributed by atoms with Crippen molar-refractivity contribution in [3.05, 3.63) is 34.3 Å². The first kappa shape index (κ1) is 14.2. The minimum Gasteiger partial charge on any atom is -0.388 e. The Bertz CT molecular complexity index is 417. The largest absolute Gasteiger partial charge is 0.388 e. The fraction of sp³-hybridized carbons (Fsp3) is 0.538. The molecule has 0 saturated carbocycles. The van der Waals surface area contributed by atoms with Crippen molar-refractivity contribution in [1.29, 1.82) is 0 Å². The quantitative estimate of drug-likeness (QED) is 0.916. The summed E-state index contributed by atoms with van der Waals surface area (Å²) in [5.74, 6) is 1.54. The number of aliphatic hydroxyl groups excluding tert-OH is 1. The van der Waals surface area contributed by atoms with Crippen LogP contribution in [0.15, 0.2) is 28.7 Å². The van der Waals surface area contributed by atoms with E-state index in [2.05, 4.69) is 20.8 Å². The molecule has 1 saturated heterocycles. The molecule has 18 heavy (non-hydrogen) atoms. The van der Waals surface area contributed by atoms with Crippen molar-refractivity contribution < 1.29 is 9.32 Å². The van der Waals surface area contributed by atoms with Crippen LogP contribution >= 0.6 is 15.9 Å². The smallest absolute Gasteiger partial charge is 0.0802 e. The summed E-state index contributed by atoms with van der Waals surface area (Å²) in [5, 5.41) is 10.1. The first-order chi connectivity index (χ1) is 8.65. The molecular weight excluding hydrogens is 314 g/mol. The fourth-order valence-corrected chi connectivity index (χ4v) is 3.63. The lowest BCUT2D eigenvalue weighted by Gasteiger charge is -2.26. The first-order valence-electron chi connectivity index (χ1n) is 6.16. The lowest BCUT2D eigenvalue weighted by atomic mass is 10.1. The second-order valence-corrected chi connectivity index (χ2v) is 7.16. The maximum absolute atomic E-state index is 11.2. The molecule has 5 heteroatoms. The molecule has 1 aromatic carbocycles. The van der Waals surface area contributed by atoms with Gasteiger partial charge in [-0.15, -0.1) is 0 Å². The van der Waals surface area contributed by atoms with Gasteiger partial charge in [0.25, 0.3) is 0 Å². The zero-order valence-electron chi connectivity index (χ0n) is 10.2. The zero-order valence-corrected chi connectivity index (χ0v) is 12.6. The van der Waals surface area contributed by atoms with Gasteiger partial charge in [0.1, 0.15) is 0 Å². The Morgan fingerprint density at radius 3 is 2.78 bits per heavy atom. The normalized spacial score (nSPS) is 19.9. The van der Waals surface area contributed by atoms with E-state index < -0.39 is 16.9 Å². The molecule has 1 N–H and O–H groups in total. The minimum absolute atomic E-state index is 0.421. The van der Waals surface area contributed by atoms with E-state index in [1.807, 2.05) is 24.3 Å². The van der Waals surface area contributed by atoms with E-state index in [-0.39, 0.29) is 0 Å². The SMILES string of the molecule is O=S1CCN(CCC(O)c2cccc(Br)c2)CC1. The van der Waals surface area contributed by atoms with Gasteiger partial charge in [-0.25, -0.2) is 0 Å². The molecule has 0 radical (unpaired) electrons. The molecular formula is C13H18BrNO2S. The molecule has 1 aliphatic rings. The highest BCUT2D eigenvalue weighted by Crippen LogP contribution is 2.21. The third-order valence-corrected chi connectivity index (χ3v) is 4.99. The Hall–Kier alpha value is -0.230. The number of aliphatic hydroxyl groups is 1. The predicted molar refractivity (Wildman–Crippen MR) is 78.0 cm³/mol. The monoisotopic (exact) mass is 331 g/mol. The summed E-state index contributed by atoms with van der Waals surface area (Å²) >= 11 is 3.41. The van der Waals surface area contributed by atoms with Gasteiger partial charge in [0, 0.05) is 46.4 Å². The second-order valence-electron chi connectivity index (χ2n) is 4.55. The predicted octanol–water partition coefficient (Wildman–Crippen LogP) is 1.94. The zero-order chi connectivity index (χ0) is 13.0.